The van der Waals surface area contributed by atoms with E-state index in [1.807, 2.05) is 36.2 Å². The molecule has 1 aromatic rings. The Balaban J connectivity index is 2.07. The van der Waals surface area contributed by atoms with Crippen molar-refractivity contribution in [1.29, 1.82) is 0 Å². The van der Waals surface area contributed by atoms with Crippen LogP contribution in [0, 0.1) is 0 Å². The first-order valence-electron chi connectivity index (χ1n) is 5.15. The normalized spacial score (nSPS) is 23.0. The van der Waals surface area contributed by atoms with Crippen molar-refractivity contribution in [3.05, 3.63) is 34.2 Å². The zero-order chi connectivity index (χ0) is 12.9. The molecule has 1 amide bonds. The van der Waals surface area contributed by atoms with Gasteiger partial charge in [0.1, 0.15) is 4.91 Å². The van der Waals surface area contributed by atoms with E-state index in [0.717, 1.165) is 20.6 Å². The first-order valence-corrected chi connectivity index (χ1v) is 7.19. The van der Waals surface area contributed by atoms with E-state index in [9.17, 15) is 4.79 Å². The summed E-state index contributed by atoms with van der Waals surface area (Å²) in [5, 5.41) is 1.92. The molecule has 0 bridgehead atoms. The van der Waals surface area contributed by atoms with Crippen LogP contribution in [0.15, 0.2) is 39.1 Å². The van der Waals surface area contributed by atoms with Crippen LogP contribution in [0.4, 0.5) is 5.69 Å². The van der Waals surface area contributed by atoms with Crippen molar-refractivity contribution in [2.24, 2.45) is 5.84 Å². The predicted molar refractivity (Wildman–Crippen MR) is 79.0 cm³/mol. The predicted octanol–water partition coefficient (Wildman–Crippen LogP) is 2.13. The minimum Gasteiger partial charge on any atom is -0.337 e. The third-order valence-corrected chi connectivity index (χ3v) is 5.49. The van der Waals surface area contributed by atoms with Crippen LogP contribution in [0.2, 0.25) is 0 Å². The van der Waals surface area contributed by atoms with Crippen LogP contribution in [0.3, 0.4) is 0 Å². The van der Waals surface area contributed by atoms with Crippen molar-refractivity contribution in [2.75, 3.05) is 11.9 Å². The highest BCUT2D eigenvalue weighted by Crippen LogP contribution is 2.49. The van der Waals surface area contributed by atoms with E-state index in [4.69, 9.17) is 18.1 Å². The number of hydrogen-bond acceptors (Lipinski definition) is 6. The summed E-state index contributed by atoms with van der Waals surface area (Å²) in [7, 11) is 1.94. The fourth-order valence-electron chi connectivity index (χ4n) is 1.81. The van der Waals surface area contributed by atoms with Crippen LogP contribution < -0.4 is 10.7 Å². The number of nitrogens with two attached hydrogens (primary N) is 1. The summed E-state index contributed by atoms with van der Waals surface area (Å²) in [5.41, 5.74) is 1.10. The molecule has 1 fully saturated rings. The molecule has 2 aliphatic rings. The first-order chi connectivity index (χ1) is 8.59. The van der Waals surface area contributed by atoms with Gasteiger partial charge in [-0.05, 0) is 12.1 Å². The lowest BCUT2D eigenvalue weighted by molar-refractivity contribution is -0.122. The zero-order valence-electron chi connectivity index (χ0n) is 9.41. The summed E-state index contributed by atoms with van der Waals surface area (Å²) in [6, 6.07) is 8.02. The average molecular weight is 295 g/mol. The lowest BCUT2D eigenvalue weighted by Crippen LogP contribution is -2.35. The van der Waals surface area contributed by atoms with E-state index in [1.54, 1.807) is 11.8 Å². The molecule has 18 heavy (non-hydrogen) atoms. The van der Waals surface area contributed by atoms with E-state index in [2.05, 4.69) is 0 Å². The van der Waals surface area contributed by atoms with Crippen molar-refractivity contribution in [2.45, 2.75) is 4.90 Å². The quantitative estimate of drug-likeness (QED) is 0.342. The van der Waals surface area contributed by atoms with E-state index in [1.165, 1.54) is 11.8 Å². The van der Waals surface area contributed by atoms with Crippen molar-refractivity contribution in [3.8, 4) is 0 Å². The highest BCUT2D eigenvalue weighted by Gasteiger charge is 2.36. The lowest BCUT2D eigenvalue weighted by atomic mass is 10.3. The van der Waals surface area contributed by atoms with E-state index >= 15 is 0 Å². The Kier molecular flexibility index (Phi) is 2.86. The molecule has 2 aliphatic heterocycles. The number of carbonyl (C=O) groups is 1. The maximum atomic E-state index is 12.0. The third-order valence-electron chi connectivity index (χ3n) is 2.73. The minimum absolute atomic E-state index is 0.229. The van der Waals surface area contributed by atoms with Gasteiger partial charge in [-0.1, -0.05) is 47.9 Å². The fourth-order valence-corrected chi connectivity index (χ4v) is 4.24. The molecule has 7 heteroatoms. The lowest BCUT2D eigenvalue weighted by Gasteiger charge is -2.14. The minimum atomic E-state index is -0.229. The van der Waals surface area contributed by atoms with Gasteiger partial charge >= 0.3 is 0 Å². The third kappa shape index (κ3) is 1.66. The number of carbonyl (C=O) groups excluding carboxylic acids is 1. The monoisotopic (exact) mass is 295 g/mol. The summed E-state index contributed by atoms with van der Waals surface area (Å²) in [6.45, 7) is 0. The Bertz CT molecular complexity index is 599. The number of amides is 1. The number of benzene rings is 1. The van der Waals surface area contributed by atoms with Gasteiger partial charge in [0, 0.05) is 11.9 Å². The molecule has 2 heterocycles. The standard InChI is InChI=1S/C11H9N3OS3/c1-13-6-4-2-3-5-7(6)17-10(13)8-9(15)14(12)11(16)18-8/h2-5H,12H2,1H3. The van der Waals surface area contributed by atoms with Crippen LogP contribution in [0.25, 0.3) is 0 Å². The summed E-state index contributed by atoms with van der Waals surface area (Å²) in [4.78, 5) is 15.7. The summed E-state index contributed by atoms with van der Waals surface area (Å²) in [5.74, 6) is 5.36. The van der Waals surface area contributed by atoms with Crippen molar-refractivity contribution in [1.82, 2.24) is 5.01 Å². The molecule has 0 saturated carbocycles. The molecule has 0 radical (unpaired) electrons. The van der Waals surface area contributed by atoms with Gasteiger partial charge in [-0.2, -0.15) is 0 Å². The van der Waals surface area contributed by atoms with Crippen LogP contribution in [-0.4, -0.2) is 22.3 Å². The largest absolute Gasteiger partial charge is 0.337 e. The average Bonchev–Trinajstić information content (AvgIpc) is 2.83. The van der Waals surface area contributed by atoms with Crippen LogP contribution in [0.5, 0.6) is 0 Å². The molecule has 0 aliphatic carbocycles. The molecule has 1 saturated heterocycles. The van der Waals surface area contributed by atoms with Gasteiger partial charge in [-0.3, -0.25) is 4.79 Å². The molecule has 4 nitrogen and oxygen atoms in total. The number of thioether (sulfide) groups is 2. The summed E-state index contributed by atoms with van der Waals surface area (Å²) < 4.78 is 0.396. The van der Waals surface area contributed by atoms with Gasteiger partial charge in [0.15, 0.2) is 4.32 Å². The number of anilines is 1. The number of nitrogens with zero attached hydrogens (tertiary/aromatic N) is 2. The molecule has 0 aromatic heterocycles. The first kappa shape index (κ1) is 12.0. The molecular weight excluding hydrogens is 286 g/mol. The van der Waals surface area contributed by atoms with Gasteiger partial charge in [0.2, 0.25) is 0 Å². The smallest absolute Gasteiger partial charge is 0.283 e. The maximum Gasteiger partial charge on any atom is 0.283 e. The second-order valence-corrected chi connectivity index (χ2v) is 6.48. The Hall–Kier alpha value is -1.02. The Morgan fingerprint density at radius 3 is 2.61 bits per heavy atom. The maximum absolute atomic E-state index is 12.0. The number of thiocarbonyl (C=S) groups is 1. The second kappa shape index (κ2) is 4.27. The van der Waals surface area contributed by atoms with E-state index < -0.39 is 0 Å². The van der Waals surface area contributed by atoms with Crippen LogP contribution in [-0.2, 0) is 4.79 Å². The van der Waals surface area contributed by atoms with Crippen molar-refractivity contribution >= 4 is 51.7 Å². The van der Waals surface area contributed by atoms with Gasteiger partial charge in [0.25, 0.3) is 5.91 Å². The van der Waals surface area contributed by atoms with E-state index in [-0.39, 0.29) is 5.91 Å². The number of fused-ring (bicyclic) bond motifs is 1. The summed E-state index contributed by atoms with van der Waals surface area (Å²) in [6.07, 6.45) is 0. The van der Waals surface area contributed by atoms with Gasteiger partial charge in [-0.15, -0.1) is 0 Å². The van der Waals surface area contributed by atoms with Gasteiger partial charge < -0.3 is 4.90 Å². The number of hydrazine groups is 1. The second-order valence-electron chi connectivity index (χ2n) is 3.81. The zero-order valence-corrected chi connectivity index (χ0v) is 11.9. The highest BCUT2D eigenvalue weighted by molar-refractivity contribution is 8.27. The Labute approximate surface area is 118 Å². The van der Waals surface area contributed by atoms with Crippen LogP contribution >= 0.6 is 35.7 Å². The topological polar surface area (TPSA) is 49.6 Å². The highest BCUT2D eigenvalue weighted by atomic mass is 32.2. The molecule has 2 N–H and O–H groups in total. The molecule has 92 valence electrons. The van der Waals surface area contributed by atoms with Gasteiger partial charge in [-0.25, -0.2) is 10.9 Å². The summed E-state index contributed by atoms with van der Waals surface area (Å²) >= 11 is 7.86. The fraction of sp³-hybridized carbons (Fsp3) is 0.0909. The van der Waals surface area contributed by atoms with E-state index in [0.29, 0.717) is 9.23 Å². The number of hydrogen-bond donors (Lipinski definition) is 1. The molecule has 0 spiro atoms. The number of para-hydroxylation sites is 1. The Morgan fingerprint density at radius 2 is 2.00 bits per heavy atom. The molecular formula is C11H9N3OS3. The van der Waals surface area contributed by atoms with Gasteiger partial charge in [0.05, 0.1) is 10.7 Å². The van der Waals surface area contributed by atoms with Crippen molar-refractivity contribution in [3.63, 3.8) is 0 Å². The molecule has 1 aromatic carbocycles. The number of rotatable bonds is 0. The van der Waals surface area contributed by atoms with Crippen LogP contribution in [0.1, 0.15) is 0 Å². The molecule has 0 atom stereocenters. The Morgan fingerprint density at radius 1 is 1.28 bits per heavy atom. The molecule has 3 rings (SSSR count). The SMILES string of the molecule is CN1C(=C2SC(=S)N(N)C2=O)Sc2ccccc21. The van der Waals surface area contributed by atoms with Crippen molar-refractivity contribution < 1.29 is 4.79 Å². The molecule has 0 unspecified atom stereocenters.